The highest BCUT2D eigenvalue weighted by Gasteiger charge is 2.87. The summed E-state index contributed by atoms with van der Waals surface area (Å²) in [7, 11) is 0. The van der Waals surface area contributed by atoms with Crippen LogP contribution in [0.5, 0.6) is 0 Å². The predicted molar refractivity (Wildman–Crippen MR) is 124 cm³/mol. The number of hydrogen-bond acceptors (Lipinski definition) is 4. The molecule has 2 atom stereocenters. The van der Waals surface area contributed by atoms with Gasteiger partial charge in [-0.15, -0.1) is 0 Å². The number of benzene rings is 1. The van der Waals surface area contributed by atoms with Crippen molar-refractivity contribution in [2.75, 3.05) is 38.0 Å². The molecule has 7 heteroatoms. The Bertz CT molecular complexity index is 956. The van der Waals surface area contributed by atoms with Gasteiger partial charge in [-0.05, 0) is 72.0 Å². The maximum atomic E-state index is 12.7. The summed E-state index contributed by atoms with van der Waals surface area (Å²) in [6.07, 6.45) is 5.95. The molecule has 1 saturated heterocycles. The van der Waals surface area contributed by atoms with Gasteiger partial charge in [-0.1, -0.05) is 12.1 Å². The van der Waals surface area contributed by atoms with Crippen LogP contribution in [0, 0.1) is 28.6 Å². The van der Waals surface area contributed by atoms with Crippen molar-refractivity contribution in [1.29, 1.82) is 0 Å². The van der Waals surface area contributed by atoms with Gasteiger partial charge in [-0.25, -0.2) is 0 Å². The van der Waals surface area contributed by atoms with Gasteiger partial charge in [-0.2, -0.15) is 0 Å². The van der Waals surface area contributed by atoms with E-state index in [9.17, 15) is 14.4 Å². The Balaban J connectivity index is 0.920. The summed E-state index contributed by atoms with van der Waals surface area (Å²) in [6, 6.07) is 7.90. The maximum Gasteiger partial charge on any atom is 0.242 e. The second-order valence-electron chi connectivity index (χ2n) is 11.2. The molecule has 5 aliphatic rings. The third kappa shape index (κ3) is 3.15. The summed E-state index contributed by atoms with van der Waals surface area (Å²) < 4.78 is 0. The molecular formula is C26H34N4O3. The van der Waals surface area contributed by atoms with Gasteiger partial charge in [0.25, 0.3) is 0 Å². The van der Waals surface area contributed by atoms with Crippen molar-refractivity contribution in [3.05, 3.63) is 29.8 Å². The first-order chi connectivity index (χ1) is 15.9. The normalized spacial score (nSPS) is 35.5. The molecule has 2 unspecified atom stereocenters. The van der Waals surface area contributed by atoms with E-state index in [1.54, 1.807) is 0 Å². The van der Waals surface area contributed by atoms with Crippen molar-refractivity contribution < 1.29 is 14.4 Å². The number of hydrogen-bond donors (Lipinski definition) is 2. The zero-order chi connectivity index (χ0) is 22.8. The molecule has 0 radical (unpaired) electrons. The molecule has 1 spiro atoms. The Morgan fingerprint density at radius 2 is 1.64 bits per heavy atom. The summed E-state index contributed by atoms with van der Waals surface area (Å²) in [5.74, 6) is 2.77. The van der Waals surface area contributed by atoms with Gasteiger partial charge in [0.05, 0.1) is 6.54 Å². The van der Waals surface area contributed by atoms with Gasteiger partial charge in [-0.3, -0.25) is 19.3 Å². The van der Waals surface area contributed by atoms with Crippen LogP contribution in [0.25, 0.3) is 0 Å². The summed E-state index contributed by atoms with van der Waals surface area (Å²) in [6.45, 7) is 5.48. The lowest BCUT2D eigenvalue weighted by molar-refractivity contribution is -0.430. The van der Waals surface area contributed by atoms with Gasteiger partial charge in [0.2, 0.25) is 17.7 Å². The molecule has 0 aromatic heterocycles. The number of nitrogens with one attached hydrogen (secondary N) is 2. The Morgan fingerprint density at radius 3 is 2.21 bits per heavy atom. The molecule has 4 saturated carbocycles. The molecule has 5 fully saturated rings. The molecule has 3 amide bonds. The Hall–Kier alpha value is -2.41. The highest BCUT2D eigenvalue weighted by atomic mass is 16.2. The highest BCUT2D eigenvalue weighted by molar-refractivity contribution is 5.88. The molecule has 0 bridgehead atoms. The van der Waals surface area contributed by atoms with Crippen molar-refractivity contribution in [1.82, 2.24) is 15.1 Å². The molecule has 6 rings (SSSR count). The first-order valence-corrected chi connectivity index (χ1v) is 12.5. The van der Waals surface area contributed by atoms with Gasteiger partial charge in [0.1, 0.15) is 0 Å². The minimum Gasteiger partial charge on any atom is -0.347 e. The quantitative estimate of drug-likeness (QED) is 0.668. The Labute approximate surface area is 195 Å². The van der Waals surface area contributed by atoms with Gasteiger partial charge < -0.3 is 15.5 Å². The van der Waals surface area contributed by atoms with Crippen molar-refractivity contribution in [3.63, 3.8) is 0 Å². The number of carbonyl (C=O) groups is 3. The number of carbonyl (C=O) groups excluding carboxylic acids is 3. The number of amides is 3. The second kappa shape index (κ2) is 7.55. The highest BCUT2D eigenvalue weighted by Crippen LogP contribution is 2.93. The molecular weight excluding hydrogens is 416 g/mol. The molecule has 4 aliphatic carbocycles. The van der Waals surface area contributed by atoms with Gasteiger partial charge >= 0.3 is 0 Å². The number of nitrogens with zero attached hydrogens (tertiary/aromatic N) is 2. The smallest absolute Gasteiger partial charge is 0.242 e. The average molecular weight is 451 g/mol. The maximum absolute atomic E-state index is 12.7. The van der Waals surface area contributed by atoms with Crippen LogP contribution in [0.4, 0.5) is 5.69 Å². The predicted octanol–water partition coefficient (Wildman–Crippen LogP) is 2.23. The third-order valence-corrected chi connectivity index (χ3v) is 9.70. The van der Waals surface area contributed by atoms with Crippen molar-refractivity contribution in [2.24, 2.45) is 28.6 Å². The number of anilines is 1. The Morgan fingerprint density at radius 1 is 0.970 bits per heavy atom. The molecule has 1 aromatic carbocycles. The van der Waals surface area contributed by atoms with Crippen LogP contribution in [-0.4, -0.2) is 60.2 Å². The van der Waals surface area contributed by atoms with Crippen LogP contribution < -0.4 is 10.6 Å². The van der Waals surface area contributed by atoms with E-state index < -0.39 is 0 Å². The first-order valence-electron chi connectivity index (χ1n) is 12.5. The fourth-order valence-corrected chi connectivity index (χ4v) is 8.43. The van der Waals surface area contributed by atoms with E-state index in [1.165, 1.54) is 38.2 Å². The lowest BCUT2D eigenvalue weighted by Gasteiger charge is -2.91. The van der Waals surface area contributed by atoms with Crippen LogP contribution in [0.15, 0.2) is 24.3 Å². The zero-order valence-corrected chi connectivity index (χ0v) is 19.4. The van der Waals surface area contributed by atoms with E-state index in [1.807, 2.05) is 29.2 Å². The summed E-state index contributed by atoms with van der Waals surface area (Å²) in [4.78, 5) is 40.7. The fourth-order valence-electron chi connectivity index (χ4n) is 8.43. The lowest BCUT2D eigenvalue weighted by Crippen LogP contribution is -2.85. The van der Waals surface area contributed by atoms with Crippen LogP contribution in [0.2, 0.25) is 0 Å². The topological polar surface area (TPSA) is 81.8 Å². The summed E-state index contributed by atoms with van der Waals surface area (Å²) >= 11 is 0. The number of rotatable bonds is 7. The van der Waals surface area contributed by atoms with Gasteiger partial charge in [0, 0.05) is 51.8 Å². The van der Waals surface area contributed by atoms with Crippen molar-refractivity contribution in [2.45, 2.75) is 45.6 Å². The van der Waals surface area contributed by atoms with E-state index in [0.717, 1.165) is 43.1 Å². The largest absolute Gasteiger partial charge is 0.347 e. The fraction of sp³-hybridized carbons (Fsp3) is 0.654. The van der Waals surface area contributed by atoms with Crippen LogP contribution >= 0.6 is 0 Å². The van der Waals surface area contributed by atoms with Crippen LogP contribution in [0.3, 0.4) is 0 Å². The second-order valence-corrected chi connectivity index (χ2v) is 11.2. The zero-order valence-electron chi connectivity index (χ0n) is 19.4. The van der Waals surface area contributed by atoms with Crippen molar-refractivity contribution >= 4 is 23.4 Å². The molecule has 1 aromatic rings. The SMILES string of the molecule is CC(=O)Nc1ccc(CN2CCN(C(=O)CNC(=O)CC34CC5CC6CC(C3)C654)CC2)cc1. The van der Waals surface area contributed by atoms with E-state index >= 15 is 0 Å². The Kier molecular flexibility index (Phi) is 4.84. The number of piperazine rings is 1. The average Bonchev–Trinajstić information content (AvgIpc) is 2.74. The van der Waals surface area contributed by atoms with Crippen molar-refractivity contribution in [3.8, 4) is 0 Å². The molecule has 176 valence electrons. The minimum absolute atomic E-state index is 0.0291. The molecule has 2 N–H and O–H groups in total. The minimum atomic E-state index is -0.0714. The molecule has 1 aliphatic heterocycles. The van der Waals surface area contributed by atoms with E-state index in [4.69, 9.17) is 0 Å². The third-order valence-electron chi connectivity index (χ3n) is 9.70. The standard InChI is InChI=1S/C26H34N4O3/c1-17(31)28-22-4-2-18(3-5-22)16-29-6-8-30(9-7-29)24(33)15-27-23(32)14-25-12-20-10-19-11-21(13-25)26(19,20)25/h2-5,19-21H,6-16H2,1H3,(H,27,32)(H,28,31). The van der Waals surface area contributed by atoms with E-state index in [2.05, 4.69) is 15.5 Å². The van der Waals surface area contributed by atoms with Crippen LogP contribution in [0.1, 0.15) is 44.6 Å². The van der Waals surface area contributed by atoms with Crippen LogP contribution in [-0.2, 0) is 20.9 Å². The molecule has 7 nitrogen and oxygen atoms in total. The van der Waals surface area contributed by atoms with E-state index in [0.29, 0.717) is 30.3 Å². The van der Waals surface area contributed by atoms with E-state index in [-0.39, 0.29) is 24.3 Å². The molecule has 1 heterocycles. The summed E-state index contributed by atoms with van der Waals surface area (Å²) in [5, 5.41) is 5.72. The monoisotopic (exact) mass is 450 g/mol. The first kappa shape index (κ1) is 21.1. The van der Waals surface area contributed by atoms with Gasteiger partial charge in [0.15, 0.2) is 0 Å². The summed E-state index contributed by atoms with van der Waals surface area (Å²) in [5.41, 5.74) is 2.85. The lowest BCUT2D eigenvalue weighted by atomic mass is 9.13. The molecule has 33 heavy (non-hydrogen) atoms.